The summed E-state index contributed by atoms with van der Waals surface area (Å²) in [4.78, 5) is 25.2. The standard InChI is InChI=1S/C19H25F3N8O/c1-11-4-5-13(29-31)8-15(11)25-17-26-16(24-14-6-7-23-9-14)27-18(28-17)30(3)10-12(2)19(20,21)22/h4-5,8,12,14,23H,6-7,9-10H2,1-3H3,(H2,24,25,26,27,28)/t12?,14-/m1/s1. The van der Waals surface area contributed by atoms with Gasteiger partial charge in [0.1, 0.15) is 5.69 Å². The van der Waals surface area contributed by atoms with Crippen molar-refractivity contribution in [2.75, 3.05) is 42.2 Å². The first-order valence-corrected chi connectivity index (χ1v) is 9.88. The summed E-state index contributed by atoms with van der Waals surface area (Å²) in [5.41, 5.74) is 1.62. The summed E-state index contributed by atoms with van der Waals surface area (Å²) in [6, 6.07) is 4.96. The van der Waals surface area contributed by atoms with Crippen molar-refractivity contribution >= 4 is 29.2 Å². The lowest BCUT2D eigenvalue weighted by Crippen LogP contribution is -2.34. The summed E-state index contributed by atoms with van der Waals surface area (Å²) in [7, 11) is 1.50. The Kier molecular flexibility index (Phi) is 6.88. The van der Waals surface area contributed by atoms with Crippen molar-refractivity contribution in [2.45, 2.75) is 32.5 Å². The van der Waals surface area contributed by atoms with Gasteiger partial charge in [-0.2, -0.15) is 28.1 Å². The lowest BCUT2D eigenvalue weighted by molar-refractivity contribution is -0.166. The van der Waals surface area contributed by atoms with E-state index in [9.17, 15) is 18.1 Å². The molecule has 0 bridgehead atoms. The predicted molar refractivity (Wildman–Crippen MR) is 113 cm³/mol. The van der Waals surface area contributed by atoms with Gasteiger partial charge in [-0.3, -0.25) is 0 Å². The van der Waals surface area contributed by atoms with Crippen molar-refractivity contribution in [3.8, 4) is 0 Å². The Bertz CT molecular complexity index is 918. The smallest absolute Gasteiger partial charge is 0.350 e. The van der Waals surface area contributed by atoms with Crippen LogP contribution >= 0.6 is 0 Å². The maximum Gasteiger partial charge on any atom is 0.393 e. The van der Waals surface area contributed by atoms with Crippen LogP contribution in [0.3, 0.4) is 0 Å². The van der Waals surface area contributed by atoms with E-state index in [0.29, 0.717) is 5.69 Å². The fraction of sp³-hybridized carbons (Fsp3) is 0.526. The molecule has 3 rings (SSSR count). The van der Waals surface area contributed by atoms with Crippen LogP contribution in [0.15, 0.2) is 23.4 Å². The molecular weight excluding hydrogens is 413 g/mol. The van der Waals surface area contributed by atoms with Gasteiger partial charge in [0.25, 0.3) is 0 Å². The predicted octanol–water partition coefficient (Wildman–Crippen LogP) is 3.73. The Hall–Kier alpha value is -3.02. The summed E-state index contributed by atoms with van der Waals surface area (Å²) in [6.07, 6.45) is -3.45. The quantitative estimate of drug-likeness (QED) is 0.535. The van der Waals surface area contributed by atoms with E-state index in [1.165, 1.54) is 11.9 Å². The fourth-order valence-corrected chi connectivity index (χ4v) is 3.13. The Morgan fingerprint density at radius 3 is 2.68 bits per heavy atom. The van der Waals surface area contributed by atoms with Gasteiger partial charge < -0.3 is 20.9 Å². The number of nitroso groups, excluding NO2 is 1. The molecule has 0 aliphatic carbocycles. The van der Waals surface area contributed by atoms with Crippen LogP contribution in [0.1, 0.15) is 18.9 Å². The van der Waals surface area contributed by atoms with E-state index >= 15 is 0 Å². The molecule has 3 N–H and O–H groups in total. The number of aryl methyl sites for hydroxylation is 1. The summed E-state index contributed by atoms with van der Waals surface area (Å²) >= 11 is 0. The number of nitrogens with one attached hydrogen (secondary N) is 3. The van der Waals surface area contributed by atoms with Gasteiger partial charge in [0.05, 0.1) is 5.92 Å². The van der Waals surface area contributed by atoms with Gasteiger partial charge in [-0.05, 0) is 42.8 Å². The molecular formula is C19H25F3N8O. The number of benzene rings is 1. The Labute approximate surface area is 177 Å². The van der Waals surface area contributed by atoms with Crippen LogP contribution in [0.4, 0.5) is 42.4 Å². The molecule has 2 atom stereocenters. The molecule has 0 radical (unpaired) electrons. The molecule has 1 fully saturated rings. The van der Waals surface area contributed by atoms with E-state index in [1.54, 1.807) is 18.2 Å². The third-order valence-electron chi connectivity index (χ3n) is 5.04. The van der Waals surface area contributed by atoms with Crippen molar-refractivity contribution in [3.63, 3.8) is 0 Å². The zero-order chi connectivity index (χ0) is 22.6. The molecule has 1 aliphatic rings. The number of hydrogen-bond donors (Lipinski definition) is 3. The summed E-state index contributed by atoms with van der Waals surface area (Å²) < 4.78 is 39.0. The minimum Gasteiger partial charge on any atom is -0.350 e. The van der Waals surface area contributed by atoms with Crippen LogP contribution in [0.5, 0.6) is 0 Å². The van der Waals surface area contributed by atoms with E-state index in [1.807, 2.05) is 6.92 Å². The highest BCUT2D eigenvalue weighted by molar-refractivity contribution is 5.64. The highest BCUT2D eigenvalue weighted by Crippen LogP contribution is 2.28. The van der Waals surface area contributed by atoms with Gasteiger partial charge >= 0.3 is 6.18 Å². The summed E-state index contributed by atoms with van der Waals surface area (Å²) in [5.74, 6) is -1.05. The van der Waals surface area contributed by atoms with Crippen LogP contribution in [0.25, 0.3) is 0 Å². The van der Waals surface area contributed by atoms with Gasteiger partial charge in [-0.25, -0.2) is 0 Å². The molecule has 1 saturated heterocycles. The number of rotatable bonds is 8. The van der Waals surface area contributed by atoms with Crippen LogP contribution in [-0.4, -0.2) is 53.9 Å². The molecule has 168 valence electrons. The topological polar surface area (TPSA) is 107 Å². The van der Waals surface area contributed by atoms with Gasteiger partial charge in [0, 0.05) is 31.9 Å². The third kappa shape index (κ3) is 6.00. The van der Waals surface area contributed by atoms with Crippen molar-refractivity contribution in [1.82, 2.24) is 20.3 Å². The molecule has 2 heterocycles. The lowest BCUT2D eigenvalue weighted by Gasteiger charge is -2.24. The molecule has 31 heavy (non-hydrogen) atoms. The zero-order valence-electron chi connectivity index (χ0n) is 17.5. The maximum atomic E-state index is 13.0. The van der Waals surface area contributed by atoms with E-state index in [4.69, 9.17) is 0 Å². The van der Waals surface area contributed by atoms with E-state index in [-0.39, 0.29) is 36.1 Å². The summed E-state index contributed by atoms with van der Waals surface area (Å²) in [5, 5.41) is 12.4. The lowest BCUT2D eigenvalue weighted by atomic mass is 10.1. The molecule has 1 aromatic carbocycles. The van der Waals surface area contributed by atoms with Gasteiger partial charge in [-0.1, -0.05) is 13.0 Å². The number of nitrogens with zero attached hydrogens (tertiary/aromatic N) is 5. The highest BCUT2D eigenvalue weighted by atomic mass is 19.4. The van der Waals surface area contributed by atoms with Crippen LogP contribution in [0, 0.1) is 17.7 Å². The molecule has 2 aromatic rings. The zero-order valence-corrected chi connectivity index (χ0v) is 17.5. The number of anilines is 4. The first kappa shape index (κ1) is 22.7. The molecule has 0 amide bonds. The molecule has 9 nitrogen and oxygen atoms in total. The van der Waals surface area contributed by atoms with E-state index in [0.717, 1.165) is 32.0 Å². The number of alkyl halides is 3. The maximum absolute atomic E-state index is 13.0. The van der Waals surface area contributed by atoms with Crippen molar-refractivity contribution in [3.05, 3.63) is 28.7 Å². The Morgan fingerprint density at radius 1 is 1.29 bits per heavy atom. The average molecular weight is 438 g/mol. The second-order valence-corrected chi connectivity index (χ2v) is 7.66. The van der Waals surface area contributed by atoms with Gasteiger partial charge in [0.2, 0.25) is 17.8 Å². The van der Waals surface area contributed by atoms with Gasteiger partial charge in [0.15, 0.2) is 0 Å². The highest BCUT2D eigenvalue weighted by Gasteiger charge is 2.37. The number of aromatic nitrogens is 3. The second kappa shape index (κ2) is 9.41. The van der Waals surface area contributed by atoms with Crippen molar-refractivity contribution in [1.29, 1.82) is 0 Å². The summed E-state index contributed by atoms with van der Waals surface area (Å²) in [6.45, 7) is 4.23. The van der Waals surface area contributed by atoms with Crippen molar-refractivity contribution in [2.24, 2.45) is 11.1 Å². The van der Waals surface area contributed by atoms with Crippen LogP contribution in [0.2, 0.25) is 0 Å². The first-order chi connectivity index (χ1) is 14.7. The number of halogens is 3. The Morgan fingerprint density at radius 2 is 2.03 bits per heavy atom. The van der Waals surface area contributed by atoms with Crippen LogP contribution in [-0.2, 0) is 0 Å². The normalized spacial score (nSPS) is 17.3. The molecule has 12 heteroatoms. The molecule has 1 unspecified atom stereocenters. The molecule has 0 spiro atoms. The minimum atomic E-state index is -4.32. The monoisotopic (exact) mass is 438 g/mol. The molecule has 1 aromatic heterocycles. The Balaban J connectivity index is 1.90. The van der Waals surface area contributed by atoms with Crippen molar-refractivity contribution < 1.29 is 13.2 Å². The van der Waals surface area contributed by atoms with E-state index < -0.39 is 12.1 Å². The number of hydrogen-bond acceptors (Lipinski definition) is 9. The molecule has 1 aliphatic heterocycles. The first-order valence-electron chi connectivity index (χ1n) is 9.88. The average Bonchev–Trinajstić information content (AvgIpc) is 3.21. The fourth-order valence-electron chi connectivity index (χ4n) is 3.13. The van der Waals surface area contributed by atoms with E-state index in [2.05, 4.69) is 36.1 Å². The largest absolute Gasteiger partial charge is 0.393 e. The minimum absolute atomic E-state index is 0.101. The van der Waals surface area contributed by atoms with Crippen LogP contribution < -0.4 is 20.9 Å². The third-order valence-corrected chi connectivity index (χ3v) is 5.04. The van der Waals surface area contributed by atoms with Gasteiger partial charge in [-0.15, -0.1) is 4.91 Å². The molecule has 0 saturated carbocycles. The SMILES string of the molecule is Cc1ccc(N=O)cc1Nc1nc(N[C@@H]2CCNC2)nc(N(C)CC(C)C(F)(F)F)n1. The second-order valence-electron chi connectivity index (χ2n) is 7.66.